The molecule has 0 rings (SSSR count). The molecule has 1 nitrogen and oxygen atoms in total. The summed E-state index contributed by atoms with van der Waals surface area (Å²) in [6.45, 7) is 9.36. The zero-order valence-electron chi connectivity index (χ0n) is 11.4. The van der Waals surface area contributed by atoms with Crippen LogP contribution in [0.15, 0.2) is 12.7 Å². The van der Waals surface area contributed by atoms with Gasteiger partial charge in [0, 0.05) is 6.04 Å². The third kappa shape index (κ3) is 10.2. The van der Waals surface area contributed by atoms with Crippen molar-refractivity contribution in [1.29, 1.82) is 0 Å². The van der Waals surface area contributed by atoms with Crippen LogP contribution in [0.1, 0.15) is 71.6 Å². The van der Waals surface area contributed by atoms with E-state index in [0.29, 0.717) is 0 Å². The second kappa shape index (κ2) is 12.8. The first kappa shape index (κ1) is 15.7. The van der Waals surface area contributed by atoms with Gasteiger partial charge in [0.15, 0.2) is 0 Å². The summed E-state index contributed by atoms with van der Waals surface area (Å²) in [6, 6.07) is 0.764. The molecule has 0 spiro atoms. The molecule has 1 heteroatoms. The Labute approximate surface area is 103 Å². The molecule has 0 aliphatic rings. The lowest BCUT2D eigenvalue weighted by Gasteiger charge is -2.17. The molecule has 0 heterocycles. The molecule has 0 bridgehead atoms. The second-order valence-corrected chi connectivity index (χ2v) is 4.68. The van der Waals surface area contributed by atoms with E-state index >= 15 is 0 Å². The molecule has 0 aromatic carbocycles. The van der Waals surface area contributed by atoms with Gasteiger partial charge in [-0.25, -0.2) is 0 Å². The minimum absolute atomic E-state index is 0.764. The van der Waals surface area contributed by atoms with Gasteiger partial charge >= 0.3 is 0 Å². The summed E-state index contributed by atoms with van der Waals surface area (Å²) in [7, 11) is 0. The Kier molecular flexibility index (Phi) is 12.5. The highest BCUT2D eigenvalue weighted by Gasteiger charge is 2.05. The highest BCUT2D eigenvalue weighted by atomic mass is 14.9. The van der Waals surface area contributed by atoms with Crippen LogP contribution in [-0.2, 0) is 0 Å². The van der Waals surface area contributed by atoms with E-state index in [2.05, 4.69) is 25.7 Å². The van der Waals surface area contributed by atoms with Crippen molar-refractivity contribution in [3.63, 3.8) is 0 Å². The van der Waals surface area contributed by atoms with E-state index in [1.165, 1.54) is 57.8 Å². The highest BCUT2D eigenvalue weighted by molar-refractivity contribution is 4.68. The van der Waals surface area contributed by atoms with Gasteiger partial charge in [0.25, 0.3) is 0 Å². The third-order valence-electron chi connectivity index (χ3n) is 3.11. The van der Waals surface area contributed by atoms with Crippen molar-refractivity contribution in [2.75, 3.05) is 6.54 Å². The molecule has 0 aliphatic heterocycles. The van der Waals surface area contributed by atoms with Gasteiger partial charge in [-0.1, -0.05) is 52.0 Å². The lowest BCUT2D eigenvalue weighted by molar-refractivity contribution is 0.426. The number of rotatable bonds is 12. The minimum atomic E-state index is 0.764. The summed E-state index contributed by atoms with van der Waals surface area (Å²) >= 11 is 0. The fraction of sp³-hybridized carbons (Fsp3) is 0.867. The minimum Gasteiger partial charge on any atom is -0.314 e. The van der Waals surface area contributed by atoms with Gasteiger partial charge in [0.2, 0.25) is 0 Å². The lowest BCUT2D eigenvalue weighted by atomic mass is 10.0. The van der Waals surface area contributed by atoms with Gasteiger partial charge in [-0.05, 0) is 32.2 Å². The molecular weight excluding hydrogens is 194 g/mol. The topological polar surface area (TPSA) is 12.0 Å². The molecule has 0 fully saturated rings. The van der Waals surface area contributed by atoms with Crippen molar-refractivity contribution in [3.8, 4) is 0 Å². The number of hydrogen-bond acceptors (Lipinski definition) is 1. The van der Waals surface area contributed by atoms with Crippen LogP contribution in [0.2, 0.25) is 0 Å². The fourth-order valence-electron chi connectivity index (χ4n) is 2.13. The van der Waals surface area contributed by atoms with Crippen molar-refractivity contribution < 1.29 is 0 Å². The smallest absolute Gasteiger partial charge is 0.00669 e. The summed E-state index contributed by atoms with van der Waals surface area (Å²) in [5.41, 5.74) is 0. The molecule has 0 radical (unpaired) electrons. The number of allylic oxidation sites excluding steroid dienone is 1. The molecule has 0 aromatic rings. The first-order valence-corrected chi connectivity index (χ1v) is 7.19. The van der Waals surface area contributed by atoms with Crippen LogP contribution in [0.3, 0.4) is 0 Å². The molecule has 1 atom stereocenters. The van der Waals surface area contributed by atoms with Crippen molar-refractivity contribution in [3.05, 3.63) is 12.7 Å². The Balaban J connectivity index is 3.46. The van der Waals surface area contributed by atoms with Crippen molar-refractivity contribution in [2.45, 2.75) is 77.7 Å². The van der Waals surface area contributed by atoms with Crippen molar-refractivity contribution in [2.24, 2.45) is 0 Å². The zero-order chi connectivity index (χ0) is 12.1. The molecule has 0 aliphatic carbocycles. The SMILES string of the molecule is C=CCCCCCC(CCCCC)NCC. The average Bonchev–Trinajstić information content (AvgIpc) is 2.29. The quantitative estimate of drug-likeness (QED) is 0.375. The predicted octanol–water partition coefficient (Wildman–Crippen LogP) is 4.68. The van der Waals surface area contributed by atoms with Gasteiger partial charge in [-0.15, -0.1) is 6.58 Å². The molecule has 1 N–H and O–H groups in total. The van der Waals surface area contributed by atoms with E-state index in [1.807, 2.05) is 6.08 Å². The van der Waals surface area contributed by atoms with Gasteiger partial charge in [-0.2, -0.15) is 0 Å². The Morgan fingerprint density at radius 2 is 1.69 bits per heavy atom. The molecular formula is C15H31N. The summed E-state index contributed by atoms with van der Waals surface area (Å²) in [6.07, 6.45) is 14.1. The number of hydrogen-bond donors (Lipinski definition) is 1. The van der Waals surface area contributed by atoms with E-state index in [4.69, 9.17) is 0 Å². The Bertz CT molecular complexity index is 142. The zero-order valence-corrected chi connectivity index (χ0v) is 11.4. The van der Waals surface area contributed by atoms with E-state index < -0.39 is 0 Å². The van der Waals surface area contributed by atoms with Crippen molar-refractivity contribution in [1.82, 2.24) is 5.32 Å². The van der Waals surface area contributed by atoms with Crippen LogP contribution in [0.5, 0.6) is 0 Å². The summed E-state index contributed by atoms with van der Waals surface area (Å²) in [5.74, 6) is 0. The van der Waals surface area contributed by atoms with Crippen LogP contribution in [0.25, 0.3) is 0 Å². The largest absolute Gasteiger partial charge is 0.314 e. The highest BCUT2D eigenvalue weighted by Crippen LogP contribution is 2.11. The Morgan fingerprint density at radius 3 is 2.25 bits per heavy atom. The average molecular weight is 225 g/mol. The maximum absolute atomic E-state index is 3.76. The molecule has 0 amide bonds. The lowest BCUT2D eigenvalue weighted by Crippen LogP contribution is -2.28. The predicted molar refractivity (Wildman–Crippen MR) is 74.9 cm³/mol. The molecule has 16 heavy (non-hydrogen) atoms. The third-order valence-corrected chi connectivity index (χ3v) is 3.11. The van der Waals surface area contributed by atoms with E-state index in [-0.39, 0.29) is 0 Å². The first-order valence-electron chi connectivity index (χ1n) is 7.19. The molecule has 96 valence electrons. The monoisotopic (exact) mass is 225 g/mol. The molecule has 0 saturated heterocycles. The Hall–Kier alpha value is -0.300. The first-order chi connectivity index (χ1) is 7.85. The van der Waals surface area contributed by atoms with E-state index in [0.717, 1.165) is 12.6 Å². The summed E-state index contributed by atoms with van der Waals surface area (Å²) in [5, 5.41) is 3.61. The standard InChI is InChI=1S/C15H31N/c1-4-7-9-10-12-14-15(16-6-3)13-11-8-5-2/h4,15-16H,1,5-14H2,2-3H3. The second-order valence-electron chi connectivity index (χ2n) is 4.68. The Morgan fingerprint density at radius 1 is 1.00 bits per heavy atom. The number of unbranched alkanes of at least 4 members (excludes halogenated alkanes) is 5. The van der Waals surface area contributed by atoms with Gasteiger partial charge in [-0.3, -0.25) is 0 Å². The molecule has 0 aromatic heterocycles. The van der Waals surface area contributed by atoms with Gasteiger partial charge in [0.1, 0.15) is 0 Å². The van der Waals surface area contributed by atoms with Gasteiger partial charge in [0.05, 0.1) is 0 Å². The molecule has 1 unspecified atom stereocenters. The van der Waals surface area contributed by atoms with E-state index in [1.54, 1.807) is 0 Å². The van der Waals surface area contributed by atoms with Gasteiger partial charge < -0.3 is 5.32 Å². The van der Waals surface area contributed by atoms with Crippen LogP contribution in [0, 0.1) is 0 Å². The molecule has 0 saturated carbocycles. The maximum atomic E-state index is 3.76. The fourth-order valence-corrected chi connectivity index (χ4v) is 2.13. The summed E-state index contributed by atoms with van der Waals surface area (Å²) < 4.78 is 0. The number of nitrogens with one attached hydrogen (secondary N) is 1. The van der Waals surface area contributed by atoms with E-state index in [9.17, 15) is 0 Å². The maximum Gasteiger partial charge on any atom is 0.00669 e. The summed E-state index contributed by atoms with van der Waals surface area (Å²) in [4.78, 5) is 0. The van der Waals surface area contributed by atoms with Crippen LogP contribution in [0.4, 0.5) is 0 Å². The normalized spacial score (nSPS) is 12.6. The van der Waals surface area contributed by atoms with Crippen LogP contribution in [-0.4, -0.2) is 12.6 Å². The van der Waals surface area contributed by atoms with Crippen molar-refractivity contribution >= 4 is 0 Å². The van der Waals surface area contributed by atoms with Crippen LogP contribution < -0.4 is 5.32 Å². The van der Waals surface area contributed by atoms with Crippen LogP contribution >= 0.6 is 0 Å².